The molecule has 1 N–H and O–H groups in total. The van der Waals surface area contributed by atoms with Gasteiger partial charge in [0, 0.05) is 5.41 Å². The number of hydrogen-bond acceptors (Lipinski definition) is 6. The van der Waals surface area contributed by atoms with Crippen molar-refractivity contribution in [3.8, 4) is 0 Å². The lowest BCUT2D eigenvalue weighted by molar-refractivity contribution is -0.147. The van der Waals surface area contributed by atoms with Crippen molar-refractivity contribution in [1.29, 1.82) is 0 Å². The second-order valence-electron chi connectivity index (χ2n) is 4.99. The number of aliphatic hydroxyl groups excluding tert-OH is 1. The van der Waals surface area contributed by atoms with Crippen LogP contribution in [-0.4, -0.2) is 55.2 Å². The van der Waals surface area contributed by atoms with Crippen molar-refractivity contribution in [2.45, 2.75) is 19.9 Å². The zero-order valence-electron chi connectivity index (χ0n) is 10.9. The van der Waals surface area contributed by atoms with Crippen LogP contribution in [0, 0.1) is 5.41 Å². The summed E-state index contributed by atoms with van der Waals surface area (Å²) in [6, 6.07) is -1.16. The SMILES string of the molecule is C=CC(C)(C)C(O)B1OC(=O)CN(C)CC(=O)O1. The maximum Gasteiger partial charge on any atom is 0.630 e. The third kappa shape index (κ3) is 3.58. The molecule has 0 aromatic rings. The monoisotopic (exact) mass is 255 g/mol. The van der Waals surface area contributed by atoms with Crippen molar-refractivity contribution in [3.05, 3.63) is 12.7 Å². The van der Waals surface area contributed by atoms with Crippen LogP contribution in [-0.2, 0) is 18.9 Å². The Balaban J connectivity index is 2.83. The van der Waals surface area contributed by atoms with Crippen LogP contribution in [0.15, 0.2) is 12.7 Å². The summed E-state index contributed by atoms with van der Waals surface area (Å²) >= 11 is 0. The first-order valence-corrected chi connectivity index (χ1v) is 5.65. The average Bonchev–Trinajstić information content (AvgIpc) is 2.24. The minimum Gasteiger partial charge on any atom is -0.497 e. The van der Waals surface area contributed by atoms with Gasteiger partial charge in [-0.05, 0) is 7.05 Å². The molecule has 1 aliphatic rings. The number of likely N-dealkylation sites (N-methyl/N-ethyl adjacent to an activating group) is 1. The summed E-state index contributed by atoms with van der Waals surface area (Å²) in [5.74, 6) is -1.09. The minimum atomic E-state index is -1.30. The van der Waals surface area contributed by atoms with E-state index < -0.39 is 30.5 Å². The topological polar surface area (TPSA) is 76.1 Å². The van der Waals surface area contributed by atoms with Crippen LogP contribution in [0.3, 0.4) is 0 Å². The van der Waals surface area contributed by atoms with E-state index in [0.29, 0.717) is 0 Å². The highest BCUT2D eigenvalue weighted by molar-refractivity contribution is 6.50. The predicted molar refractivity (Wildman–Crippen MR) is 65.4 cm³/mol. The number of aliphatic hydroxyl groups is 1. The van der Waals surface area contributed by atoms with E-state index in [1.165, 1.54) is 11.0 Å². The lowest BCUT2D eigenvalue weighted by Crippen LogP contribution is -2.52. The zero-order chi connectivity index (χ0) is 13.9. The fourth-order valence-corrected chi connectivity index (χ4v) is 1.45. The molecule has 0 amide bonds. The van der Waals surface area contributed by atoms with Gasteiger partial charge in [-0.2, -0.15) is 0 Å². The molecule has 100 valence electrons. The van der Waals surface area contributed by atoms with Gasteiger partial charge in [-0.15, -0.1) is 6.58 Å². The second kappa shape index (κ2) is 5.54. The molecule has 0 saturated carbocycles. The van der Waals surface area contributed by atoms with Crippen LogP contribution in [0.4, 0.5) is 0 Å². The van der Waals surface area contributed by atoms with Gasteiger partial charge >= 0.3 is 19.1 Å². The van der Waals surface area contributed by atoms with Gasteiger partial charge in [0.2, 0.25) is 0 Å². The van der Waals surface area contributed by atoms with Crippen molar-refractivity contribution in [1.82, 2.24) is 4.90 Å². The van der Waals surface area contributed by atoms with Crippen LogP contribution in [0.25, 0.3) is 0 Å². The largest absolute Gasteiger partial charge is 0.630 e. The van der Waals surface area contributed by atoms with Crippen molar-refractivity contribution in [2.75, 3.05) is 20.1 Å². The van der Waals surface area contributed by atoms with Crippen LogP contribution in [0.5, 0.6) is 0 Å². The van der Waals surface area contributed by atoms with E-state index in [0.717, 1.165) is 0 Å². The Morgan fingerprint density at radius 3 is 2.22 bits per heavy atom. The summed E-state index contributed by atoms with van der Waals surface area (Å²) in [6.45, 7) is 6.96. The summed E-state index contributed by atoms with van der Waals surface area (Å²) in [6.07, 6.45) is 1.52. The quantitative estimate of drug-likeness (QED) is 0.547. The zero-order valence-corrected chi connectivity index (χ0v) is 10.9. The third-order valence-corrected chi connectivity index (χ3v) is 2.84. The maximum absolute atomic E-state index is 11.5. The van der Waals surface area contributed by atoms with E-state index in [1.807, 2.05) is 0 Å². The molecule has 1 rings (SSSR count). The molecule has 0 aromatic carbocycles. The van der Waals surface area contributed by atoms with E-state index in [2.05, 4.69) is 6.58 Å². The summed E-state index contributed by atoms with van der Waals surface area (Å²) in [5.41, 5.74) is -0.740. The summed E-state index contributed by atoms with van der Waals surface area (Å²) in [4.78, 5) is 24.5. The smallest absolute Gasteiger partial charge is 0.497 e. The highest BCUT2D eigenvalue weighted by Gasteiger charge is 2.45. The number of carbonyl (C=O) groups excluding carboxylic acids is 2. The molecular formula is C11H18BNO5. The molecule has 1 atom stereocenters. The molecule has 0 aliphatic carbocycles. The van der Waals surface area contributed by atoms with Crippen molar-refractivity contribution in [2.24, 2.45) is 5.41 Å². The molecule has 0 bridgehead atoms. The Morgan fingerprint density at radius 1 is 1.39 bits per heavy atom. The molecule has 0 spiro atoms. The Kier molecular flexibility index (Phi) is 4.53. The highest BCUT2D eigenvalue weighted by atomic mass is 16.6. The van der Waals surface area contributed by atoms with E-state index >= 15 is 0 Å². The van der Waals surface area contributed by atoms with Crippen molar-refractivity contribution in [3.63, 3.8) is 0 Å². The molecule has 6 nitrogen and oxygen atoms in total. The van der Waals surface area contributed by atoms with Crippen LogP contribution in [0.2, 0.25) is 0 Å². The van der Waals surface area contributed by atoms with E-state index in [4.69, 9.17) is 9.31 Å². The lowest BCUT2D eigenvalue weighted by Gasteiger charge is -2.31. The molecule has 0 aromatic heterocycles. The standard InChI is InChI=1S/C11H18BNO5/c1-5-11(2,3)10(16)12-17-8(14)6-13(4)7-9(15)18-12/h5,10,16H,1,6-7H2,2-4H3. The van der Waals surface area contributed by atoms with E-state index in [-0.39, 0.29) is 13.1 Å². The fraction of sp³-hybridized carbons (Fsp3) is 0.636. The van der Waals surface area contributed by atoms with Crippen molar-refractivity contribution >= 4 is 19.1 Å². The molecule has 0 radical (unpaired) electrons. The number of nitrogens with zero attached hydrogens (tertiary/aromatic N) is 1. The minimum absolute atomic E-state index is 0.0210. The highest BCUT2D eigenvalue weighted by Crippen LogP contribution is 2.25. The van der Waals surface area contributed by atoms with Crippen LogP contribution >= 0.6 is 0 Å². The molecule has 1 heterocycles. The third-order valence-electron chi connectivity index (χ3n) is 2.84. The van der Waals surface area contributed by atoms with Gasteiger partial charge < -0.3 is 14.4 Å². The van der Waals surface area contributed by atoms with Gasteiger partial charge in [-0.3, -0.25) is 14.5 Å². The summed E-state index contributed by atoms with van der Waals surface area (Å²) < 4.78 is 9.92. The van der Waals surface area contributed by atoms with Gasteiger partial charge in [-0.1, -0.05) is 19.9 Å². The first kappa shape index (κ1) is 14.7. The molecule has 1 unspecified atom stereocenters. The van der Waals surface area contributed by atoms with Gasteiger partial charge in [0.15, 0.2) is 0 Å². The second-order valence-corrected chi connectivity index (χ2v) is 4.99. The Labute approximate surface area is 107 Å². The first-order chi connectivity index (χ1) is 8.26. The Morgan fingerprint density at radius 2 is 1.83 bits per heavy atom. The first-order valence-electron chi connectivity index (χ1n) is 5.65. The van der Waals surface area contributed by atoms with Crippen LogP contribution < -0.4 is 0 Å². The fourth-order valence-electron chi connectivity index (χ4n) is 1.45. The summed E-state index contributed by atoms with van der Waals surface area (Å²) in [7, 11) is 0.305. The molecule has 1 fully saturated rings. The van der Waals surface area contributed by atoms with Gasteiger partial charge in [0.05, 0.1) is 13.1 Å². The number of rotatable bonds is 3. The predicted octanol–water partition coefficient (Wildman–Crippen LogP) is -0.381. The summed E-state index contributed by atoms with van der Waals surface area (Å²) in [5, 5.41) is 10.1. The van der Waals surface area contributed by atoms with E-state index in [1.54, 1.807) is 20.9 Å². The number of hydrogen-bond donors (Lipinski definition) is 1. The van der Waals surface area contributed by atoms with Crippen molar-refractivity contribution < 1.29 is 24.0 Å². The molecule has 1 saturated heterocycles. The molecule has 18 heavy (non-hydrogen) atoms. The number of carbonyl (C=O) groups is 2. The van der Waals surface area contributed by atoms with Gasteiger partial charge in [0.25, 0.3) is 0 Å². The molecular weight excluding hydrogens is 237 g/mol. The molecule has 1 aliphatic heterocycles. The molecule has 7 heteroatoms. The maximum atomic E-state index is 11.5. The van der Waals surface area contributed by atoms with Crippen LogP contribution in [0.1, 0.15) is 13.8 Å². The Bertz CT molecular complexity index is 337. The van der Waals surface area contributed by atoms with E-state index in [9.17, 15) is 14.7 Å². The average molecular weight is 255 g/mol. The Hall–Kier alpha value is -1.34. The normalized spacial score (nSPS) is 20.6. The van der Waals surface area contributed by atoms with Gasteiger partial charge in [0.1, 0.15) is 6.00 Å². The van der Waals surface area contributed by atoms with Gasteiger partial charge in [-0.25, -0.2) is 0 Å². The lowest BCUT2D eigenvalue weighted by atomic mass is 9.66.